The Morgan fingerprint density at radius 1 is 1.10 bits per heavy atom. The molecule has 0 aliphatic heterocycles. The molecule has 1 N–H and O–H groups in total. The molecular formula is C18H17BrN2. The minimum atomic E-state index is 0.145. The molecule has 0 saturated carbocycles. The quantitative estimate of drug-likeness (QED) is 0.744. The lowest BCUT2D eigenvalue weighted by Gasteiger charge is -2.20. The Labute approximate surface area is 133 Å². The summed E-state index contributed by atoms with van der Waals surface area (Å²) in [5.74, 6) is 0. The molecule has 0 bridgehead atoms. The summed E-state index contributed by atoms with van der Waals surface area (Å²) < 4.78 is 1.09. The van der Waals surface area contributed by atoms with E-state index in [9.17, 15) is 0 Å². The third-order valence-corrected chi connectivity index (χ3v) is 4.09. The van der Waals surface area contributed by atoms with E-state index in [0.29, 0.717) is 0 Å². The maximum atomic E-state index is 4.41. The molecule has 106 valence electrons. The van der Waals surface area contributed by atoms with Crippen LogP contribution in [-0.2, 0) is 0 Å². The fourth-order valence-electron chi connectivity index (χ4n) is 2.67. The summed E-state index contributed by atoms with van der Waals surface area (Å²) in [6, 6.07) is 17.0. The van der Waals surface area contributed by atoms with Gasteiger partial charge in [0.2, 0.25) is 0 Å². The van der Waals surface area contributed by atoms with Crippen molar-refractivity contribution in [3.05, 3.63) is 76.5 Å². The zero-order valence-electron chi connectivity index (χ0n) is 11.9. The molecule has 1 aromatic heterocycles. The van der Waals surface area contributed by atoms with Crippen molar-refractivity contribution in [2.75, 3.05) is 6.54 Å². The largest absolute Gasteiger partial charge is 0.306 e. The van der Waals surface area contributed by atoms with Gasteiger partial charge in [0.25, 0.3) is 0 Å². The molecule has 0 aliphatic rings. The van der Waals surface area contributed by atoms with Crippen LogP contribution in [0.15, 0.2) is 65.4 Å². The van der Waals surface area contributed by atoms with E-state index in [1.807, 2.05) is 18.5 Å². The Balaban J connectivity index is 2.16. The first-order valence-electron chi connectivity index (χ1n) is 7.11. The molecule has 0 radical (unpaired) electrons. The number of halogens is 1. The second-order valence-corrected chi connectivity index (χ2v) is 5.91. The summed E-state index contributed by atoms with van der Waals surface area (Å²) in [7, 11) is 0. The highest BCUT2D eigenvalue weighted by Crippen LogP contribution is 2.29. The first-order valence-corrected chi connectivity index (χ1v) is 7.90. The van der Waals surface area contributed by atoms with Gasteiger partial charge >= 0.3 is 0 Å². The fourth-order valence-corrected chi connectivity index (χ4v) is 3.08. The molecule has 3 aromatic rings. The van der Waals surface area contributed by atoms with Crippen molar-refractivity contribution in [3.63, 3.8) is 0 Å². The van der Waals surface area contributed by atoms with Crippen LogP contribution in [-0.4, -0.2) is 11.5 Å². The van der Waals surface area contributed by atoms with Gasteiger partial charge < -0.3 is 5.32 Å². The normalized spacial score (nSPS) is 12.5. The second-order valence-electron chi connectivity index (χ2n) is 5.00. The van der Waals surface area contributed by atoms with Gasteiger partial charge in [-0.15, -0.1) is 0 Å². The smallest absolute Gasteiger partial charge is 0.0598 e. The van der Waals surface area contributed by atoms with Gasteiger partial charge in [0, 0.05) is 22.3 Å². The molecule has 2 nitrogen and oxygen atoms in total. The van der Waals surface area contributed by atoms with Crippen molar-refractivity contribution in [3.8, 4) is 0 Å². The first kappa shape index (κ1) is 14.2. The van der Waals surface area contributed by atoms with Crippen LogP contribution in [0.25, 0.3) is 10.8 Å². The summed E-state index contributed by atoms with van der Waals surface area (Å²) in [6.07, 6.45) is 3.89. The van der Waals surface area contributed by atoms with Gasteiger partial charge in [-0.2, -0.15) is 0 Å². The highest BCUT2D eigenvalue weighted by molar-refractivity contribution is 9.10. The molecule has 1 heterocycles. The lowest BCUT2D eigenvalue weighted by Crippen LogP contribution is -2.22. The molecule has 2 aromatic carbocycles. The van der Waals surface area contributed by atoms with Crippen LogP contribution in [0.5, 0.6) is 0 Å². The number of aromatic nitrogens is 1. The van der Waals surface area contributed by atoms with Gasteiger partial charge in [-0.1, -0.05) is 59.3 Å². The van der Waals surface area contributed by atoms with Gasteiger partial charge in [0.1, 0.15) is 0 Å². The zero-order chi connectivity index (χ0) is 14.7. The highest BCUT2D eigenvalue weighted by Gasteiger charge is 2.16. The van der Waals surface area contributed by atoms with Crippen LogP contribution >= 0.6 is 15.9 Å². The maximum absolute atomic E-state index is 4.41. The number of benzene rings is 2. The average molecular weight is 341 g/mol. The minimum Gasteiger partial charge on any atom is -0.306 e. The topological polar surface area (TPSA) is 24.9 Å². The van der Waals surface area contributed by atoms with Gasteiger partial charge in [-0.25, -0.2) is 0 Å². The van der Waals surface area contributed by atoms with E-state index in [-0.39, 0.29) is 6.04 Å². The van der Waals surface area contributed by atoms with E-state index in [0.717, 1.165) is 11.0 Å². The second kappa shape index (κ2) is 6.37. The first-order chi connectivity index (χ1) is 10.3. The van der Waals surface area contributed by atoms with Crippen LogP contribution in [0, 0.1) is 0 Å². The van der Waals surface area contributed by atoms with E-state index >= 15 is 0 Å². The van der Waals surface area contributed by atoms with E-state index in [1.54, 1.807) is 0 Å². The summed E-state index contributed by atoms with van der Waals surface area (Å²) >= 11 is 3.56. The number of nitrogens with one attached hydrogen (secondary N) is 1. The summed E-state index contributed by atoms with van der Waals surface area (Å²) in [5.41, 5.74) is 2.46. The van der Waals surface area contributed by atoms with Gasteiger partial charge in [-0.05, 0) is 35.2 Å². The van der Waals surface area contributed by atoms with Crippen molar-refractivity contribution in [2.45, 2.75) is 13.0 Å². The highest BCUT2D eigenvalue weighted by atomic mass is 79.9. The van der Waals surface area contributed by atoms with Crippen LogP contribution in [0.3, 0.4) is 0 Å². The molecule has 0 amide bonds. The summed E-state index contributed by atoms with van der Waals surface area (Å²) in [4.78, 5) is 4.41. The Hall–Kier alpha value is -1.71. The molecule has 0 aliphatic carbocycles. The van der Waals surface area contributed by atoms with Crippen molar-refractivity contribution < 1.29 is 0 Å². The number of pyridine rings is 1. The van der Waals surface area contributed by atoms with Crippen molar-refractivity contribution in [1.29, 1.82) is 0 Å². The van der Waals surface area contributed by atoms with Crippen molar-refractivity contribution in [1.82, 2.24) is 10.3 Å². The number of fused-ring (bicyclic) bond motifs is 1. The molecule has 21 heavy (non-hydrogen) atoms. The third-order valence-electron chi connectivity index (χ3n) is 3.60. The SMILES string of the molecule is CCNC(c1cccc(Br)c1)c1cncc2ccccc12. The summed E-state index contributed by atoms with van der Waals surface area (Å²) in [5, 5.41) is 6.00. The molecule has 1 unspecified atom stereocenters. The Bertz CT molecular complexity index is 750. The predicted octanol–water partition coefficient (Wildman–Crippen LogP) is 4.70. The van der Waals surface area contributed by atoms with E-state index < -0.39 is 0 Å². The number of nitrogens with zero attached hydrogens (tertiary/aromatic N) is 1. The van der Waals surface area contributed by atoms with Crippen LogP contribution in [0.1, 0.15) is 24.1 Å². The monoisotopic (exact) mass is 340 g/mol. The number of hydrogen-bond acceptors (Lipinski definition) is 2. The van der Waals surface area contributed by atoms with Crippen molar-refractivity contribution in [2.24, 2.45) is 0 Å². The number of rotatable bonds is 4. The fraction of sp³-hybridized carbons (Fsp3) is 0.167. The molecule has 0 saturated heterocycles. The zero-order valence-corrected chi connectivity index (χ0v) is 13.5. The average Bonchev–Trinajstić information content (AvgIpc) is 2.52. The van der Waals surface area contributed by atoms with E-state index in [2.05, 4.69) is 75.6 Å². The molecule has 1 atom stereocenters. The van der Waals surface area contributed by atoms with Gasteiger partial charge in [-0.3, -0.25) is 4.98 Å². The molecular weight excluding hydrogens is 324 g/mol. The standard InChI is InChI=1S/C18H17BrN2/c1-2-21-18(13-7-5-8-15(19)10-13)17-12-20-11-14-6-3-4-9-16(14)17/h3-12,18,21H,2H2,1H3. The Morgan fingerprint density at radius 2 is 1.95 bits per heavy atom. The third kappa shape index (κ3) is 2.99. The van der Waals surface area contributed by atoms with Crippen LogP contribution in [0.4, 0.5) is 0 Å². The molecule has 3 rings (SSSR count). The Morgan fingerprint density at radius 3 is 2.76 bits per heavy atom. The molecule has 0 spiro atoms. The predicted molar refractivity (Wildman–Crippen MR) is 91.4 cm³/mol. The minimum absolute atomic E-state index is 0.145. The summed E-state index contributed by atoms with van der Waals surface area (Å²) in [6.45, 7) is 3.03. The van der Waals surface area contributed by atoms with Crippen molar-refractivity contribution >= 4 is 26.7 Å². The van der Waals surface area contributed by atoms with E-state index in [1.165, 1.54) is 21.9 Å². The van der Waals surface area contributed by atoms with E-state index in [4.69, 9.17) is 0 Å². The number of hydrogen-bond donors (Lipinski definition) is 1. The lowest BCUT2D eigenvalue weighted by atomic mass is 9.96. The van der Waals surface area contributed by atoms with Gasteiger partial charge in [0.15, 0.2) is 0 Å². The maximum Gasteiger partial charge on any atom is 0.0598 e. The molecule has 3 heteroatoms. The van der Waals surface area contributed by atoms with Crippen LogP contribution < -0.4 is 5.32 Å². The van der Waals surface area contributed by atoms with Gasteiger partial charge in [0.05, 0.1) is 6.04 Å². The molecule has 0 fully saturated rings. The lowest BCUT2D eigenvalue weighted by molar-refractivity contribution is 0.632. The Kier molecular flexibility index (Phi) is 4.32. The van der Waals surface area contributed by atoms with Crippen LogP contribution in [0.2, 0.25) is 0 Å².